The average Bonchev–Trinajstić information content (AvgIpc) is 3.06. The van der Waals surface area contributed by atoms with Gasteiger partial charge in [0.25, 0.3) is 0 Å². The number of carbonyl (C=O) groups is 1. The monoisotopic (exact) mass is 363 g/mol. The number of aryl methyl sites for hydroxylation is 1. The number of para-hydroxylation sites is 1. The molecule has 130 valence electrons. The molecule has 0 radical (unpaired) electrons. The molecule has 0 fully saturated rings. The van der Waals surface area contributed by atoms with Crippen LogP contribution in [0.15, 0.2) is 64.3 Å². The van der Waals surface area contributed by atoms with Gasteiger partial charge in [-0.3, -0.25) is 4.79 Å². The Morgan fingerprint density at radius 2 is 1.92 bits per heavy atom. The molecule has 1 amide bonds. The standard InChI is InChI=1S/C20H17N3O2S/c1-2-13-7-9-14(10-8-13)23-17(24)11-26-20-19-18(21-12-22-20)15-5-3-4-6-16(15)25-19/h3-10,12H,2,11H2,1H3,(H,23,24). The first-order valence-electron chi connectivity index (χ1n) is 8.38. The largest absolute Gasteiger partial charge is 0.451 e. The Bertz CT molecular complexity index is 1070. The van der Waals surface area contributed by atoms with E-state index in [0.717, 1.165) is 28.6 Å². The lowest BCUT2D eigenvalue weighted by molar-refractivity contribution is -0.113. The third-order valence-corrected chi connectivity index (χ3v) is 5.08. The summed E-state index contributed by atoms with van der Waals surface area (Å²) in [5.74, 6) is 0.167. The van der Waals surface area contributed by atoms with Crippen LogP contribution in [0, 0.1) is 0 Å². The number of fused-ring (bicyclic) bond motifs is 3. The van der Waals surface area contributed by atoms with Gasteiger partial charge in [-0.05, 0) is 36.2 Å². The summed E-state index contributed by atoms with van der Waals surface area (Å²) in [6, 6.07) is 15.6. The van der Waals surface area contributed by atoms with Crippen LogP contribution < -0.4 is 5.32 Å². The predicted molar refractivity (Wildman–Crippen MR) is 104 cm³/mol. The fraction of sp³-hybridized carbons (Fsp3) is 0.150. The molecular formula is C20H17N3O2S. The SMILES string of the molecule is CCc1ccc(NC(=O)CSc2ncnc3c2oc2ccccc23)cc1. The van der Waals surface area contributed by atoms with Crippen molar-refractivity contribution in [3.05, 3.63) is 60.4 Å². The molecule has 6 heteroatoms. The normalized spacial score (nSPS) is 11.1. The van der Waals surface area contributed by atoms with Crippen molar-refractivity contribution < 1.29 is 9.21 Å². The number of hydrogen-bond donors (Lipinski definition) is 1. The van der Waals surface area contributed by atoms with Gasteiger partial charge in [-0.25, -0.2) is 9.97 Å². The Labute approximate surface area is 154 Å². The lowest BCUT2D eigenvalue weighted by Gasteiger charge is -2.06. The summed E-state index contributed by atoms with van der Waals surface area (Å²) in [6.45, 7) is 2.10. The summed E-state index contributed by atoms with van der Waals surface area (Å²) in [4.78, 5) is 20.8. The minimum absolute atomic E-state index is 0.0814. The predicted octanol–water partition coefficient (Wildman–Crippen LogP) is 4.67. The highest BCUT2D eigenvalue weighted by molar-refractivity contribution is 8.00. The summed E-state index contributed by atoms with van der Waals surface area (Å²) in [5.41, 5.74) is 4.20. The van der Waals surface area contributed by atoms with Crippen LogP contribution in [0.3, 0.4) is 0 Å². The molecule has 0 saturated heterocycles. The van der Waals surface area contributed by atoms with Gasteiger partial charge in [0.15, 0.2) is 5.58 Å². The molecule has 0 aliphatic rings. The van der Waals surface area contributed by atoms with Crippen molar-refractivity contribution in [2.24, 2.45) is 0 Å². The second-order valence-corrected chi connectivity index (χ2v) is 6.81. The van der Waals surface area contributed by atoms with E-state index in [0.29, 0.717) is 10.6 Å². The van der Waals surface area contributed by atoms with E-state index in [2.05, 4.69) is 22.2 Å². The number of benzene rings is 2. The van der Waals surface area contributed by atoms with Crippen LogP contribution in [0.2, 0.25) is 0 Å². The molecule has 0 bridgehead atoms. The molecule has 2 aromatic carbocycles. The zero-order chi connectivity index (χ0) is 17.9. The van der Waals surface area contributed by atoms with Crippen LogP contribution in [0.1, 0.15) is 12.5 Å². The Morgan fingerprint density at radius 3 is 2.73 bits per heavy atom. The summed E-state index contributed by atoms with van der Waals surface area (Å²) >= 11 is 1.34. The van der Waals surface area contributed by atoms with Crippen LogP contribution >= 0.6 is 11.8 Å². The maximum absolute atomic E-state index is 12.2. The van der Waals surface area contributed by atoms with Crippen molar-refractivity contribution in [3.63, 3.8) is 0 Å². The average molecular weight is 363 g/mol. The van der Waals surface area contributed by atoms with Crippen LogP contribution in [-0.4, -0.2) is 21.6 Å². The van der Waals surface area contributed by atoms with Gasteiger partial charge in [0.1, 0.15) is 22.5 Å². The van der Waals surface area contributed by atoms with E-state index in [1.54, 1.807) is 0 Å². The van der Waals surface area contributed by atoms with Gasteiger partial charge in [0.2, 0.25) is 5.91 Å². The van der Waals surface area contributed by atoms with Crippen molar-refractivity contribution in [1.82, 2.24) is 9.97 Å². The number of amides is 1. The van der Waals surface area contributed by atoms with Crippen molar-refractivity contribution in [3.8, 4) is 0 Å². The summed E-state index contributed by atoms with van der Waals surface area (Å²) < 4.78 is 5.88. The van der Waals surface area contributed by atoms with E-state index in [9.17, 15) is 4.79 Å². The topological polar surface area (TPSA) is 68.0 Å². The zero-order valence-electron chi connectivity index (χ0n) is 14.2. The van der Waals surface area contributed by atoms with E-state index in [-0.39, 0.29) is 11.7 Å². The van der Waals surface area contributed by atoms with E-state index >= 15 is 0 Å². The molecule has 2 heterocycles. The zero-order valence-corrected chi connectivity index (χ0v) is 15.0. The summed E-state index contributed by atoms with van der Waals surface area (Å²) in [5, 5.41) is 4.52. The van der Waals surface area contributed by atoms with Gasteiger partial charge < -0.3 is 9.73 Å². The molecule has 0 saturated carbocycles. The molecule has 0 unspecified atom stereocenters. The minimum Gasteiger partial charge on any atom is -0.451 e. The maximum atomic E-state index is 12.2. The third-order valence-electron chi connectivity index (χ3n) is 4.11. The first-order valence-corrected chi connectivity index (χ1v) is 9.37. The fourth-order valence-electron chi connectivity index (χ4n) is 2.76. The van der Waals surface area contributed by atoms with Gasteiger partial charge in [0.05, 0.1) is 5.75 Å². The molecular weight excluding hydrogens is 346 g/mol. The van der Waals surface area contributed by atoms with Crippen molar-refractivity contribution in [2.75, 3.05) is 11.1 Å². The fourth-order valence-corrected chi connectivity index (χ4v) is 3.49. The molecule has 26 heavy (non-hydrogen) atoms. The molecule has 0 atom stereocenters. The van der Waals surface area contributed by atoms with E-state index in [4.69, 9.17) is 4.42 Å². The highest BCUT2D eigenvalue weighted by Crippen LogP contribution is 2.32. The van der Waals surface area contributed by atoms with Gasteiger partial charge in [0, 0.05) is 11.1 Å². The van der Waals surface area contributed by atoms with Crippen LogP contribution in [0.5, 0.6) is 0 Å². The Morgan fingerprint density at radius 1 is 1.12 bits per heavy atom. The highest BCUT2D eigenvalue weighted by atomic mass is 32.2. The molecule has 1 N–H and O–H groups in total. The number of nitrogens with zero attached hydrogens (tertiary/aromatic N) is 2. The number of hydrogen-bond acceptors (Lipinski definition) is 5. The van der Waals surface area contributed by atoms with Crippen molar-refractivity contribution in [1.29, 1.82) is 0 Å². The molecule has 0 spiro atoms. The smallest absolute Gasteiger partial charge is 0.234 e. The Hall–Kier alpha value is -2.86. The minimum atomic E-state index is -0.0814. The summed E-state index contributed by atoms with van der Waals surface area (Å²) in [6.07, 6.45) is 2.49. The highest BCUT2D eigenvalue weighted by Gasteiger charge is 2.14. The molecule has 0 aliphatic carbocycles. The maximum Gasteiger partial charge on any atom is 0.234 e. The number of nitrogens with one attached hydrogen (secondary N) is 1. The molecule has 4 rings (SSSR count). The quantitative estimate of drug-likeness (QED) is 0.412. The first kappa shape index (κ1) is 16.6. The molecule has 2 aromatic heterocycles. The van der Waals surface area contributed by atoms with Gasteiger partial charge in [-0.15, -0.1) is 0 Å². The van der Waals surface area contributed by atoms with Gasteiger partial charge in [-0.2, -0.15) is 0 Å². The van der Waals surface area contributed by atoms with E-state index < -0.39 is 0 Å². The second kappa shape index (κ2) is 7.17. The number of furan rings is 1. The number of thioether (sulfide) groups is 1. The van der Waals surface area contributed by atoms with Crippen LogP contribution in [0.25, 0.3) is 22.1 Å². The van der Waals surface area contributed by atoms with E-state index in [1.807, 2.05) is 48.5 Å². The van der Waals surface area contributed by atoms with Crippen molar-refractivity contribution in [2.45, 2.75) is 18.4 Å². The third kappa shape index (κ3) is 3.28. The molecule has 0 aliphatic heterocycles. The van der Waals surface area contributed by atoms with E-state index in [1.165, 1.54) is 23.7 Å². The number of rotatable bonds is 5. The van der Waals surface area contributed by atoms with Crippen LogP contribution in [0.4, 0.5) is 5.69 Å². The molecule has 4 aromatic rings. The second-order valence-electron chi connectivity index (χ2n) is 5.84. The first-order chi connectivity index (χ1) is 12.7. The number of carbonyl (C=O) groups excluding carboxylic acids is 1. The van der Waals surface area contributed by atoms with Gasteiger partial charge >= 0.3 is 0 Å². The Balaban J connectivity index is 1.49. The number of anilines is 1. The lowest BCUT2D eigenvalue weighted by atomic mass is 10.1. The molecule has 5 nitrogen and oxygen atoms in total. The Kier molecular flexibility index (Phi) is 4.58. The van der Waals surface area contributed by atoms with Gasteiger partial charge in [-0.1, -0.05) is 43.0 Å². The lowest BCUT2D eigenvalue weighted by Crippen LogP contribution is -2.14. The summed E-state index contributed by atoms with van der Waals surface area (Å²) in [7, 11) is 0. The number of aromatic nitrogens is 2. The van der Waals surface area contributed by atoms with Crippen molar-refractivity contribution >= 4 is 45.4 Å². The van der Waals surface area contributed by atoms with Crippen LogP contribution in [-0.2, 0) is 11.2 Å².